The molecule has 0 spiro atoms. The number of nitrogens with zero attached hydrogens (tertiary/aromatic N) is 1. The second kappa shape index (κ2) is 8.67. The van der Waals surface area contributed by atoms with Gasteiger partial charge in [0.05, 0.1) is 17.9 Å². The van der Waals surface area contributed by atoms with Gasteiger partial charge in [-0.05, 0) is 60.4 Å². The highest BCUT2D eigenvalue weighted by Crippen LogP contribution is 2.30. The monoisotopic (exact) mass is 390 g/mol. The van der Waals surface area contributed by atoms with Crippen molar-refractivity contribution in [1.82, 2.24) is 4.98 Å². The van der Waals surface area contributed by atoms with E-state index < -0.39 is 18.0 Å². The van der Waals surface area contributed by atoms with E-state index in [2.05, 4.69) is 4.98 Å². The maximum atomic E-state index is 12.6. The highest BCUT2D eigenvalue weighted by atomic mass is 16.5. The fraction of sp³-hybridized carbons (Fsp3) is 0.174. The van der Waals surface area contributed by atoms with Crippen molar-refractivity contribution < 1.29 is 19.4 Å². The van der Waals surface area contributed by atoms with Crippen molar-refractivity contribution in [3.8, 4) is 22.4 Å². The number of pyridine rings is 1. The molecule has 29 heavy (non-hydrogen) atoms. The van der Waals surface area contributed by atoms with Gasteiger partial charge in [-0.15, -0.1) is 0 Å². The van der Waals surface area contributed by atoms with Crippen molar-refractivity contribution in [2.75, 3.05) is 0 Å². The van der Waals surface area contributed by atoms with E-state index in [0.29, 0.717) is 11.3 Å². The average molecular weight is 390 g/mol. The Kier molecular flexibility index (Phi) is 6.04. The van der Waals surface area contributed by atoms with E-state index in [9.17, 15) is 14.7 Å². The van der Waals surface area contributed by atoms with Gasteiger partial charge in [0, 0.05) is 11.8 Å². The quantitative estimate of drug-likeness (QED) is 0.629. The van der Waals surface area contributed by atoms with Crippen molar-refractivity contribution in [2.24, 2.45) is 5.73 Å². The third kappa shape index (κ3) is 4.67. The third-order valence-corrected chi connectivity index (χ3v) is 4.56. The Morgan fingerprint density at radius 1 is 1.10 bits per heavy atom. The maximum Gasteiger partial charge on any atom is 0.338 e. The molecule has 0 saturated heterocycles. The van der Waals surface area contributed by atoms with Crippen LogP contribution in [0.5, 0.6) is 0 Å². The lowest BCUT2D eigenvalue weighted by atomic mass is 9.95. The van der Waals surface area contributed by atoms with Crippen LogP contribution in [0, 0.1) is 6.92 Å². The van der Waals surface area contributed by atoms with Crippen LogP contribution in [-0.4, -0.2) is 28.1 Å². The summed E-state index contributed by atoms with van der Waals surface area (Å²) in [4.78, 5) is 28.3. The first-order chi connectivity index (χ1) is 13.9. The van der Waals surface area contributed by atoms with E-state index in [1.54, 1.807) is 18.3 Å². The Morgan fingerprint density at radius 3 is 2.48 bits per heavy atom. The number of aromatic nitrogens is 1. The number of carbonyl (C=O) groups is 2. The summed E-state index contributed by atoms with van der Waals surface area (Å²) in [6.45, 7) is 3.23. The first-order valence-corrected chi connectivity index (χ1v) is 9.16. The Bertz CT molecular complexity index is 1040. The third-order valence-electron chi connectivity index (χ3n) is 4.56. The summed E-state index contributed by atoms with van der Waals surface area (Å²) in [5, 5.41) is 9.70. The molecule has 6 nitrogen and oxygen atoms in total. The first-order valence-electron chi connectivity index (χ1n) is 9.16. The summed E-state index contributed by atoms with van der Waals surface area (Å²) < 4.78 is 5.17. The zero-order valence-electron chi connectivity index (χ0n) is 16.3. The fourth-order valence-electron chi connectivity index (χ4n) is 2.91. The summed E-state index contributed by atoms with van der Waals surface area (Å²) in [7, 11) is 0. The highest BCUT2D eigenvalue weighted by Gasteiger charge is 2.19. The molecule has 0 radical (unpaired) electrons. The highest BCUT2D eigenvalue weighted by molar-refractivity contribution is 5.95. The summed E-state index contributed by atoms with van der Waals surface area (Å²) in [6.07, 6.45) is 0.702. The summed E-state index contributed by atoms with van der Waals surface area (Å²) >= 11 is 0. The topological polar surface area (TPSA) is 103 Å². The predicted molar refractivity (Wildman–Crippen MR) is 110 cm³/mol. The fourth-order valence-corrected chi connectivity index (χ4v) is 2.91. The molecule has 2 aromatic carbocycles. The molecule has 0 fully saturated rings. The Hall–Kier alpha value is -3.51. The van der Waals surface area contributed by atoms with Crippen molar-refractivity contribution in [3.63, 3.8) is 0 Å². The second-order valence-corrected chi connectivity index (χ2v) is 6.78. The van der Waals surface area contributed by atoms with Gasteiger partial charge in [0.15, 0.2) is 6.10 Å². The second-order valence-electron chi connectivity index (χ2n) is 6.78. The Balaban J connectivity index is 2.13. The molecule has 0 aliphatic rings. The van der Waals surface area contributed by atoms with Crippen molar-refractivity contribution in [1.29, 1.82) is 0 Å². The zero-order chi connectivity index (χ0) is 21.0. The summed E-state index contributed by atoms with van der Waals surface area (Å²) in [5.41, 5.74) is 10.1. The first kappa shape index (κ1) is 20.2. The van der Waals surface area contributed by atoms with Crippen LogP contribution in [0.3, 0.4) is 0 Å². The molecule has 3 aromatic rings. The van der Waals surface area contributed by atoms with Crippen LogP contribution in [-0.2, 0) is 16.1 Å². The zero-order valence-corrected chi connectivity index (χ0v) is 16.3. The van der Waals surface area contributed by atoms with Crippen LogP contribution in [0.15, 0.2) is 60.8 Å². The number of nitrogens with two attached hydrogens (primary N) is 1. The van der Waals surface area contributed by atoms with Gasteiger partial charge in [0.1, 0.15) is 0 Å². The molecule has 0 aliphatic carbocycles. The Labute approximate surface area is 169 Å². The van der Waals surface area contributed by atoms with Crippen LogP contribution in [0.2, 0.25) is 0 Å². The van der Waals surface area contributed by atoms with Gasteiger partial charge in [-0.2, -0.15) is 0 Å². The minimum absolute atomic E-state index is 0.137. The number of esters is 1. The molecule has 6 heteroatoms. The van der Waals surface area contributed by atoms with Crippen LogP contribution < -0.4 is 5.73 Å². The molecule has 1 aromatic heterocycles. The molecule has 3 rings (SSSR count). The smallest absolute Gasteiger partial charge is 0.338 e. The lowest BCUT2D eigenvalue weighted by Crippen LogP contribution is -2.30. The van der Waals surface area contributed by atoms with E-state index in [1.165, 1.54) is 6.92 Å². The molecule has 0 aliphatic heterocycles. The minimum atomic E-state index is -1.04. The van der Waals surface area contributed by atoms with Gasteiger partial charge in [0.2, 0.25) is 0 Å². The largest absolute Gasteiger partial charge is 0.449 e. The maximum absolute atomic E-state index is 12.6. The van der Waals surface area contributed by atoms with Crippen LogP contribution in [0.25, 0.3) is 22.4 Å². The number of ether oxygens (including phenoxy) is 1. The van der Waals surface area contributed by atoms with Crippen LogP contribution >= 0.6 is 0 Å². The molecule has 0 bridgehead atoms. The molecule has 1 heterocycles. The number of carbonyl (C=O) groups excluding carboxylic acids is 2. The molecule has 0 unspecified atom stereocenters. The van der Waals surface area contributed by atoms with Gasteiger partial charge >= 0.3 is 5.97 Å². The van der Waals surface area contributed by atoms with E-state index >= 15 is 0 Å². The lowest BCUT2D eigenvalue weighted by molar-refractivity contribution is -0.125. The van der Waals surface area contributed by atoms with Gasteiger partial charge in [-0.1, -0.05) is 30.3 Å². The number of benzene rings is 2. The number of rotatable bonds is 6. The number of aliphatic hydroxyl groups is 1. The van der Waals surface area contributed by atoms with E-state index in [1.807, 2.05) is 49.4 Å². The van der Waals surface area contributed by atoms with Crippen molar-refractivity contribution in [2.45, 2.75) is 26.6 Å². The summed E-state index contributed by atoms with van der Waals surface area (Å²) in [5.74, 6) is -1.38. The number of hydrogen-bond acceptors (Lipinski definition) is 5. The lowest BCUT2D eigenvalue weighted by Gasteiger charge is -2.14. The Morgan fingerprint density at radius 2 is 1.83 bits per heavy atom. The van der Waals surface area contributed by atoms with Gasteiger partial charge in [-0.3, -0.25) is 9.78 Å². The van der Waals surface area contributed by atoms with Crippen LogP contribution in [0.1, 0.15) is 28.4 Å². The number of aliphatic hydroxyl groups excluding tert-OH is 1. The molecule has 0 saturated carbocycles. The molecular formula is C23H22N2O4. The van der Waals surface area contributed by atoms with E-state index in [0.717, 1.165) is 22.3 Å². The molecular weight excluding hydrogens is 368 g/mol. The normalized spacial score (nSPS) is 11.7. The predicted octanol–water partition coefficient (Wildman–Crippen LogP) is 3.25. The standard InChI is InChI=1S/C23H22N2O4/c1-14-7-8-21(25-12-14)18-9-17(20-6-4-3-5-16(20)13-26)10-19(11-18)23(28)29-15(2)22(24)27/h3-12,15,26H,13H2,1-2H3,(H2,24,27)/t15-/m0/s1. The van der Waals surface area contributed by atoms with Gasteiger partial charge in [-0.25, -0.2) is 4.79 Å². The summed E-state index contributed by atoms with van der Waals surface area (Å²) in [6, 6.07) is 16.4. The molecule has 1 amide bonds. The SMILES string of the molecule is Cc1ccc(-c2cc(C(=O)O[C@@H](C)C(N)=O)cc(-c3ccccc3CO)c2)nc1. The van der Waals surface area contributed by atoms with E-state index in [4.69, 9.17) is 10.5 Å². The van der Waals surface area contributed by atoms with Crippen molar-refractivity contribution in [3.05, 3.63) is 77.5 Å². The average Bonchev–Trinajstić information content (AvgIpc) is 2.73. The number of amides is 1. The minimum Gasteiger partial charge on any atom is -0.449 e. The molecule has 148 valence electrons. The number of primary amides is 1. The van der Waals surface area contributed by atoms with Crippen molar-refractivity contribution >= 4 is 11.9 Å². The number of hydrogen-bond donors (Lipinski definition) is 2. The van der Waals surface area contributed by atoms with Gasteiger partial charge < -0.3 is 15.6 Å². The van der Waals surface area contributed by atoms with E-state index in [-0.39, 0.29) is 12.2 Å². The van der Waals surface area contributed by atoms with Crippen LogP contribution in [0.4, 0.5) is 0 Å². The van der Waals surface area contributed by atoms with Gasteiger partial charge in [0.25, 0.3) is 5.91 Å². The molecule has 1 atom stereocenters. The molecule has 3 N–H and O–H groups in total. The number of aryl methyl sites for hydroxylation is 1.